The molecule has 1 heterocycles. The van der Waals surface area contributed by atoms with Crippen molar-refractivity contribution >= 4 is 11.6 Å². The van der Waals surface area contributed by atoms with Crippen LogP contribution in [-0.4, -0.2) is 26.1 Å². The van der Waals surface area contributed by atoms with E-state index in [-0.39, 0.29) is 14.7 Å². The summed E-state index contributed by atoms with van der Waals surface area (Å²) in [6, 6.07) is 8.38. The van der Waals surface area contributed by atoms with Gasteiger partial charge in [0.25, 0.3) is 17.4 Å². The summed E-state index contributed by atoms with van der Waals surface area (Å²) in [7, 11) is 0. The maximum atomic E-state index is 14.6. The first-order chi connectivity index (χ1) is 15.8. The smallest absolute Gasteiger partial charge is 0.334 e. The summed E-state index contributed by atoms with van der Waals surface area (Å²) in [5, 5.41) is 10.2. The van der Waals surface area contributed by atoms with Crippen LogP contribution in [0.15, 0.2) is 58.1 Å². The lowest BCUT2D eigenvalue weighted by Gasteiger charge is -2.21. The highest BCUT2D eigenvalue weighted by Crippen LogP contribution is 2.26. The molecule has 12 heteroatoms. The minimum Gasteiger partial charge on any atom is -0.494 e. The van der Waals surface area contributed by atoms with E-state index in [1.165, 1.54) is 24.3 Å². The molecule has 182 valence electrons. The number of aromatic hydroxyl groups is 1. The first-order valence-corrected chi connectivity index (χ1v) is 10.1. The van der Waals surface area contributed by atoms with Crippen LogP contribution < -0.4 is 11.2 Å². The number of rotatable bonds is 8. The van der Waals surface area contributed by atoms with E-state index < -0.39 is 72.1 Å². The second-order valence-corrected chi connectivity index (χ2v) is 8.14. The Hall–Kier alpha value is -3.21. The summed E-state index contributed by atoms with van der Waals surface area (Å²) in [6.45, 7) is -3.02. The molecule has 0 aliphatic rings. The fourth-order valence-electron chi connectivity index (χ4n) is 3.34. The molecule has 1 N–H and O–H groups in total. The van der Waals surface area contributed by atoms with Crippen LogP contribution in [0.4, 0.5) is 26.3 Å². The highest BCUT2D eigenvalue weighted by Gasteiger charge is 2.35. The molecule has 0 amide bonds. The Morgan fingerprint density at radius 3 is 2.09 bits per heavy atom. The van der Waals surface area contributed by atoms with E-state index >= 15 is 0 Å². The van der Waals surface area contributed by atoms with Gasteiger partial charge in [-0.05, 0) is 29.3 Å². The van der Waals surface area contributed by atoms with E-state index in [0.717, 1.165) is 18.2 Å². The Morgan fingerprint density at radius 1 is 0.853 bits per heavy atom. The average Bonchev–Trinajstić information content (AvgIpc) is 2.73. The van der Waals surface area contributed by atoms with Gasteiger partial charge in [-0.25, -0.2) is 31.1 Å². The molecule has 0 unspecified atom stereocenters. The predicted octanol–water partition coefficient (Wildman–Crippen LogP) is 4.40. The number of aromatic nitrogens is 2. The quantitative estimate of drug-likeness (QED) is 0.461. The third-order valence-electron chi connectivity index (χ3n) is 4.89. The summed E-state index contributed by atoms with van der Waals surface area (Å²) < 4.78 is 85.4. The van der Waals surface area contributed by atoms with Crippen LogP contribution in [-0.2, 0) is 25.9 Å². The first-order valence-electron chi connectivity index (χ1n) is 9.75. The Labute approximate surface area is 193 Å². The number of halogens is 7. The zero-order valence-electron chi connectivity index (χ0n) is 17.3. The predicted molar refractivity (Wildman–Crippen MR) is 112 cm³/mol. The molecule has 3 rings (SSSR count). The first kappa shape index (κ1) is 25.4. The molecule has 0 saturated carbocycles. The normalized spacial score (nSPS) is 12.2. The van der Waals surface area contributed by atoms with E-state index in [4.69, 9.17) is 11.6 Å². The second kappa shape index (κ2) is 9.57. The van der Waals surface area contributed by atoms with Gasteiger partial charge in [-0.3, -0.25) is 13.9 Å². The number of nitrogens with zero attached hydrogens (tertiary/aromatic N) is 2. The van der Waals surface area contributed by atoms with E-state index in [9.17, 15) is 41.0 Å². The number of benzene rings is 2. The Bertz CT molecular complexity index is 1310. The van der Waals surface area contributed by atoms with Crippen LogP contribution in [0, 0.1) is 11.6 Å². The van der Waals surface area contributed by atoms with Crippen LogP contribution in [0.3, 0.4) is 0 Å². The molecule has 2 aromatic carbocycles. The molecule has 34 heavy (non-hydrogen) atoms. The maximum Gasteiger partial charge on any atom is 0.334 e. The molecule has 0 fully saturated rings. The molecular weight excluding hydrogens is 490 g/mol. The van der Waals surface area contributed by atoms with E-state index in [1.54, 1.807) is 0 Å². The van der Waals surface area contributed by atoms with E-state index in [2.05, 4.69) is 0 Å². The third kappa shape index (κ3) is 6.02. The van der Waals surface area contributed by atoms with Gasteiger partial charge in [0.1, 0.15) is 0 Å². The lowest BCUT2D eigenvalue weighted by molar-refractivity contribution is -0.0250. The topological polar surface area (TPSA) is 64.2 Å². The van der Waals surface area contributed by atoms with Crippen LogP contribution in [0.5, 0.6) is 5.88 Å². The zero-order valence-corrected chi connectivity index (χ0v) is 18.0. The molecule has 0 radical (unpaired) electrons. The highest BCUT2D eigenvalue weighted by atomic mass is 35.5. The van der Waals surface area contributed by atoms with Gasteiger partial charge in [0, 0.05) is 17.9 Å². The summed E-state index contributed by atoms with van der Waals surface area (Å²) in [5.41, 5.74) is -3.54. The van der Waals surface area contributed by atoms with Gasteiger partial charge in [-0.2, -0.15) is 0 Å². The van der Waals surface area contributed by atoms with Gasteiger partial charge in [0.05, 0.1) is 19.2 Å². The average molecular weight is 507 g/mol. The van der Waals surface area contributed by atoms with Gasteiger partial charge < -0.3 is 5.11 Å². The van der Waals surface area contributed by atoms with Crippen molar-refractivity contribution in [2.24, 2.45) is 0 Å². The van der Waals surface area contributed by atoms with Gasteiger partial charge in [0.2, 0.25) is 5.88 Å². The molecule has 5 nitrogen and oxygen atoms in total. The van der Waals surface area contributed by atoms with Gasteiger partial charge in [-0.15, -0.1) is 0 Å². The van der Waals surface area contributed by atoms with Gasteiger partial charge in [0.15, 0.2) is 11.6 Å². The van der Waals surface area contributed by atoms with Crippen molar-refractivity contribution in [2.75, 3.05) is 0 Å². The van der Waals surface area contributed by atoms with Crippen LogP contribution in [0.2, 0.25) is 5.02 Å². The van der Waals surface area contributed by atoms with Crippen molar-refractivity contribution in [3.63, 3.8) is 0 Å². The van der Waals surface area contributed by atoms with Crippen molar-refractivity contribution in [3.05, 3.63) is 97.2 Å². The van der Waals surface area contributed by atoms with Crippen molar-refractivity contribution < 1.29 is 31.4 Å². The SMILES string of the molecule is O=c1cc(O)n(CC(F)(F)Cc2ccc(Cl)cc2)c(=O)n1CC(F)(F)Cc1cccc(F)c1F. The van der Waals surface area contributed by atoms with Crippen molar-refractivity contribution in [1.82, 2.24) is 9.13 Å². The Morgan fingerprint density at radius 2 is 1.44 bits per heavy atom. The molecule has 0 aliphatic heterocycles. The third-order valence-corrected chi connectivity index (χ3v) is 5.14. The Balaban J connectivity index is 1.88. The lowest BCUT2D eigenvalue weighted by Crippen LogP contribution is -2.46. The fraction of sp³-hybridized carbons (Fsp3) is 0.273. The van der Waals surface area contributed by atoms with Crippen LogP contribution in [0.25, 0.3) is 0 Å². The highest BCUT2D eigenvalue weighted by molar-refractivity contribution is 6.30. The summed E-state index contributed by atoms with van der Waals surface area (Å²) in [4.78, 5) is 24.7. The van der Waals surface area contributed by atoms with Gasteiger partial charge in [-0.1, -0.05) is 35.9 Å². The molecule has 1 aromatic heterocycles. The molecule has 0 atom stereocenters. The number of hydrogen-bond donors (Lipinski definition) is 1. The fourth-order valence-corrected chi connectivity index (χ4v) is 3.46. The summed E-state index contributed by atoms with van der Waals surface area (Å²) in [6.07, 6.45) is -2.24. The molecule has 0 bridgehead atoms. The minimum atomic E-state index is -3.93. The molecule has 0 aliphatic carbocycles. The van der Waals surface area contributed by atoms with E-state index in [0.29, 0.717) is 11.1 Å². The van der Waals surface area contributed by atoms with Crippen molar-refractivity contribution in [2.45, 2.75) is 37.8 Å². The van der Waals surface area contributed by atoms with Crippen molar-refractivity contribution in [1.29, 1.82) is 0 Å². The molecular formula is C22H17ClF6N2O3. The monoisotopic (exact) mass is 506 g/mol. The lowest BCUT2D eigenvalue weighted by atomic mass is 10.1. The van der Waals surface area contributed by atoms with E-state index in [1.807, 2.05) is 0 Å². The van der Waals surface area contributed by atoms with Crippen LogP contribution in [0.1, 0.15) is 11.1 Å². The maximum absolute atomic E-state index is 14.6. The minimum absolute atomic E-state index is 0.0463. The largest absolute Gasteiger partial charge is 0.494 e. The molecule has 0 saturated heterocycles. The number of hydrogen-bond acceptors (Lipinski definition) is 3. The van der Waals surface area contributed by atoms with Gasteiger partial charge >= 0.3 is 5.69 Å². The summed E-state index contributed by atoms with van der Waals surface area (Å²) >= 11 is 5.71. The summed E-state index contributed by atoms with van der Waals surface area (Å²) in [5.74, 6) is -11.6. The number of alkyl halides is 4. The molecule has 3 aromatic rings. The van der Waals surface area contributed by atoms with Crippen molar-refractivity contribution in [3.8, 4) is 5.88 Å². The zero-order chi connectivity index (χ0) is 25.3. The standard InChI is InChI=1S/C22H17ClF6N2O3/c23-15-6-4-13(5-7-15)9-21(26,27)11-30-17(32)8-18(33)31(20(30)34)12-22(28,29)10-14-2-1-3-16(24)19(14)25/h1-8,32H,9-12H2. The molecule has 0 spiro atoms. The van der Waals surface area contributed by atoms with Crippen LogP contribution >= 0.6 is 11.6 Å². The Kier molecular flexibility index (Phi) is 7.15. The second-order valence-electron chi connectivity index (χ2n) is 7.70.